The predicted octanol–water partition coefficient (Wildman–Crippen LogP) is 3.99. The molecule has 3 N–H and O–H groups in total. The number of methoxy groups -OCH3 is 2. The van der Waals surface area contributed by atoms with Crippen LogP contribution in [-0.2, 0) is 4.74 Å². The number of benzene rings is 2. The van der Waals surface area contributed by atoms with Crippen molar-refractivity contribution in [2.75, 3.05) is 32.7 Å². The van der Waals surface area contributed by atoms with E-state index in [0.717, 1.165) is 29.7 Å². The number of amides is 1. The van der Waals surface area contributed by atoms with Gasteiger partial charge in [0.2, 0.25) is 0 Å². The highest BCUT2D eigenvalue weighted by atomic mass is 16.5. The summed E-state index contributed by atoms with van der Waals surface area (Å²) in [6.45, 7) is 1.22. The number of carbonyl (C=O) groups excluding carboxylic acids is 1. The summed E-state index contributed by atoms with van der Waals surface area (Å²) in [6, 6.07) is 11.5. The number of phenolic OH excluding ortho intramolecular Hbond substituents is 1. The number of allylic oxidation sites excluding steroid dienone is 2. The summed E-state index contributed by atoms with van der Waals surface area (Å²) in [5.74, 6) is 1.11. The summed E-state index contributed by atoms with van der Waals surface area (Å²) in [6.07, 6.45) is 6.18. The van der Waals surface area contributed by atoms with Crippen molar-refractivity contribution in [1.29, 1.82) is 0 Å². The summed E-state index contributed by atoms with van der Waals surface area (Å²) in [7, 11) is 3.20. The predicted molar refractivity (Wildman–Crippen MR) is 116 cm³/mol. The molecule has 0 fully saturated rings. The number of hydrogen-bond acceptors (Lipinski definition) is 5. The van der Waals surface area contributed by atoms with Crippen LogP contribution in [0.5, 0.6) is 11.5 Å². The first-order chi connectivity index (χ1) is 14.6. The molecule has 1 heterocycles. The molecule has 3 unspecified atom stereocenters. The number of ether oxygens (including phenoxy) is 2. The molecule has 158 valence electrons. The molecule has 4 rings (SSSR count). The van der Waals surface area contributed by atoms with Crippen molar-refractivity contribution in [3.05, 3.63) is 65.2 Å². The van der Waals surface area contributed by atoms with E-state index < -0.39 is 0 Å². The summed E-state index contributed by atoms with van der Waals surface area (Å²) in [5.41, 5.74) is 3.87. The summed E-state index contributed by atoms with van der Waals surface area (Å²) >= 11 is 0. The summed E-state index contributed by atoms with van der Waals surface area (Å²) in [4.78, 5) is 12.5. The fraction of sp³-hybridized carbons (Fsp3) is 0.375. The van der Waals surface area contributed by atoms with Gasteiger partial charge < -0.3 is 25.2 Å². The van der Waals surface area contributed by atoms with E-state index in [1.807, 2.05) is 24.3 Å². The highest BCUT2D eigenvalue weighted by Gasteiger charge is 2.38. The van der Waals surface area contributed by atoms with E-state index in [1.54, 1.807) is 26.4 Å². The Bertz CT molecular complexity index is 956. The fourth-order valence-corrected chi connectivity index (χ4v) is 4.49. The second-order valence-corrected chi connectivity index (χ2v) is 7.81. The Kier molecular flexibility index (Phi) is 5.95. The third kappa shape index (κ3) is 3.87. The van der Waals surface area contributed by atoms with Crippen molar-refractivity contribution in [2.45, 2.75) is 24.8 Å². The normalized spacial score (nSPS) is 21.5. The number of fused-ring (bicyclic) bond motifs is 3. The molecule has 0 spiro atoms. The van der Waals surface area contributed by atoms with Gasteiger partial charge in [0.05, 0.1) is 13.2 Å². The number of anilines is 1. The van der Waals surface area contributed by atoms with Crippen LogP contribution in [0.3, 0.4) is 0 Å². The minimum Gasteiger partial charge on any atom is -0.504 e. The lowest BCUT2D eigenvalue weighted by Crippen LogP contribution is -2.30. The van der Waals surface area contributed by atoms with Gasteiger partial charge in [-0.15, -0.1) is 0 Å². The Morgan fingerprint density at radius 3 is 2.87 bits per heavy atom. The van der Waals surface area contributed by atoms with Crippen LogP contribution in [0.25, 0.3) is 0 Å². The molecular weight excluding hydrogens is 380 g/mol. The molecule has 1 amide bonds. The van der Waals surface area contributed by atoms with E-state index in [-0.39, 0.29) is 23.6 Å². The molecule has 0 radical (unpaired) electrons. The minimum absolute atomic E-state index is 0.0605. The van der Waals surface area contributed by atoms with Gasteiger partial charge in [0.15, 0.2) is 11.5 Å². The Balaban J connectivity index is 1.57. The molecule has 3 atom stereocenters. The lowest BCUT2D eigenvalue weighted by atomic mass is 9.76. The first-order valence-electron chi connectivity index (χ1n) is 10.3. The molecule has 0 saturated carbocycles. The van der Waals surface area contributed by atoms with E-state index >= 15 is 0 Å². The van der Waals surface area contributed by atoms with Gasteiger partial charge in [0.25, 0.3) is 5.91 Å². The van der Waals surface area contributed by atoms with Crippen LogP contribution < -0.4 is 15.4 Å². The maximum atomic E-state index is 12.5. The zero-order chi connectivity index (χ0) is 21.1. The average molecular weight is 408 g/mol. The second-order valence-electron chi connectivity index (χ2n) is 7.81. The van der Waals surface area contributed by atoms with E-state index in [0.29, 0.717) is 30.4 Å². The Morgan fingerprint density at radius 2 is 2.10 bits per heavy atom. The minimum atomic E-state index is -0.0605. The molecule has 2 aromatic carbocycles. The highest BCUT2D eigenvalue weighted by Crippen LogP contribution is 2.50. The third-order valence-electron chi connectivity index (χ3n) is 6.00. The lowest BCUT2D eigenvalue weighted by Gasteiger charge is -2.37. The first-order valence-corrected chi connectivity index (χ1v) is 10.3. The van der Waals surface area contributed by atoms with E-state index in [9.17, 15) is 9.90 Å². The van der Waals surface area contributed by atoms with Gasteiger partial charge in [-0.25, -0.2) is 0 Å². The maximum Gasteiger partial charge on any atom is 0.251 e. The molecule has 1 aliphatic carbocycles. The molecule has 1 aliphatic heterocycles. The van der Waals surface area contributed by atoms with Gasteiger partial charge in [-0.05, 0) is 60.2 Å². The van der Waals surface area contributed by atoms with Crippen LogP contribution in [0.4, 0.5) is 5.69 Å². The molecule has 2 aliphatic rings. The Morgan fingerprint density at radius 1 is 1.23 bits per heavy atom. The SMILES string of the molecule is COCCCNC(=O)c1ccc2c(c1)C1C=CCC1C(c1ccc(OC)c(O)c1)N2. The molecule has 0 aromatic heterocycles. The number of phenols is 1. The first kappa shape index (κ1) is 20.3. The van der Waals surface area contributed by atoms with Crippen molar-refractivity contribution >= 4 is 11.6 Å². The van der Waals surface area contributed by atoms with Crippen molar-refractivity contribution in [2.24, 2.45) is 5.92 Å². The molecular formula is C24H28N2O4. The van der Waals surface area contributed by atoms with Gasteiger partial charge in [0, 0.05) is 37.4 Å². The van der Waals surface area contributed by atoms with E-state index in [4.69, 9.17) is 9.47 Å². The van der Waals surface area contributed by atoms with Crippen LogP contribution in [0, 0.1) is 5.92 Å². The number of nitrogens with one attached hydrogen (secondary N) is 2. The average Bonchev–Trinajstić information content (AvgIpc) is 3.26. The number of rotatable bonds is 7. The summed E-state index contributed by atoms with van der Waals surface area (Å²) in [5, 5.41) is 16.8. The highest BCUT2D eigenvalue weighted by molar-refractivity contribution is 5.95. The van der Waals surface area contributed by atoms with E-state index in [1.165, 1.54) is 0 Å². The van der Waals surface area contributed by atoms with Crippen molar-refractivity contribution < 1.29 is 19.4 Å². The maximum absolute atomic E-state index is 12.5. The Labute approximate surface area is 176 Å². The van der Waals surface area contributed by atoms with Crippen LogP contribution in [0.2, 0.25) is 0 Å². The second kappa shape index (κ2) is 8.79. The van der Waals surface area contributed by atoms with Gasteiger partial charge in [-0.1, -0.05) is 18.2 Å². The molecule has 6 nitrogen and oxygen atoms in total. The van der Waals surface area contributed by atoms with Crippen LogP contribution in [0.1, 0.15) is 46.3 Å². The van der Waals surface area contributed by atoms with Crippen LogP contribution in [0.15, 0.2) is 48.6 Å². The smallest absolute Gasteiger partial charge is 0.251 e. The largest absolute Gasteiger partial charge is 0.504 e. The van der Waals surface area contributed by atoms with Crippen molar-refractivity contribution in [3.8, 4) is 11.5 Å². The molecule has 0 saturated heterocycles. The fourth-order valence-electron chi connectivity index (χ4n) is 4.49. The Hall–Kier alpha value is -2.99. The number of carbonyl (C=O) groups is 1. The molecule has 30 heavy (non-hydrogen) atoms. The quantitative estimate of drug-likeness (QED) is 0.477. The van der Waals surface area contributed by atoms with Gasteiger partial charge >= 0.3 is 0 Å². The molecule has 2 aromatic rings. The van der Waals surface area contributed by atoms with Gasteiger partial charge in [0.1, 0.15) is 0 Å². The number of aromatic hydroxyl groups is 1. The van der Waals surface area contributed by atoms with Gasteiger partial charge in [-0.3, -0.25) is 4.79 Å². The molecule has 6 heteroatoms. The van der Waals surface area contributed by atoms with Crippen molar-refractivity contribution in [3.63, 3.8) is 0 Å². The van der Waals surface area contributed by atoms with Gasteiger partial charge in [-0.2, -0.15) is 0 Å². The molecule has 0 bridgehead atoms. The van der Waals surface area contributed by atoms with E-state index in [2.05, 4.69) is 22.8 Å². The standard InChI is InChI=1S/C24H28N2O4/c1-29-12-4-11-25-24(28)16-7-9-20-19(13-16)17-5-3-6-18(17)23(26-20)15-8-10-22(30-2)21(27)14-15/h3,5,7-10,13-14,17-18,23,26-27H,4,6,11-12H2,1-2H3,(H,25,28). The summed E-state index contributed by atoms with van der Waals surface area (Å²) < 4.78 is 10.2. The van der Waals surface area contributed by atoms with Crippen LogP contribution in [-0.4, -0.2) is 38.4 Å². The topological polar surface area (TPSA) is 79.8 Å². The third-order valence-corrected chi connectivity index (χ3v) is 6.00. The number of hydrogen-bond donors (Lipinski definition) is 3. The van der Waals surface area contributed by atoms with Crippen molar-refractivity contribution in [1.82, 2.24) is 5.32 Å². The zero-order valence-electron chi connectivity index (χ0n) is 17.4. The zero-order valence-corrected chi connectivity index (χ0v) is 17.4. The monoisotopic (exact) mass is 408 g/mol. The van der Waals surface area contributed by atoms with Crippen LogP contribution >= 0.6 is 0 Å². The lowest BCUT2D eigenvalue weighted by molar-refractivity contribution is 0.0948.